The molecule has 0 aliphatic rings. The molecule has 0 radical (unpaired) electrons. The number of carbonyl (C=O) groups excluding carboxylic acids is 1. The molecular formula is C15H13BrFNO3. The van der Waals surface area contributed by atoms with Gasteiger partial charge in [-0.1, -0.05) is 15.9 Å². The van der Waals surface area contributed by atoms with Gasteiger partial charge in [0.25, 0.3) is 5.91 Å². The van der Waals surface area contributed by atoms with E-state index in [1.807, 2.05) is 0 Å². The van der Waals surface area contributed by atoms with Gasteiger partial charge >= 0.3 is 0 Å². The lowest BCUT2D eigenvalue weighted by atomic mass is 10.1. The minimum atomic E-state index is -0.521. The average molecular weight is 354 g/mol. The summed E-state index contributed by atoms with van der Waals surface area (Å²) in [7, 11) is 2.98. The zero-order valence-electron chi connectivity index (χ0n) is 11.4. The zero-order valence-corrected chi connectivity index (χ0v) is 13.0. The fourth-order valence-corrected chi connectivity index (χ4v) is 2.06. The fraction of sp³-hybridized carbons (Fsp3) is 0.133. The maximum absolute atomic E-state index is 13.7. The van der Waals surface area contributed by atoms with Gasteiger partial charge < -0.3 is 14.8 Å². The first-order valence-electron chi connectivity index (χ1n) is 6.03. The Kier molecular flexibility index (Phi) is 4.80. The molecule has 0 aromatic heterocycles. The summed E-state index contributed by atoms with van der Waals surface area (Å²) < 4.78 is 24.5. The second-order valence-corrected chi connectivity index (χ2v) is 5.10. The van der Waals surface area contributed by atoms with E-state index in [2.05, 4.69) is 21.2 Å². The van der Waals surface area contributed by atoms with Gasteiger partial charge in [0.1, 0.15) is 17.3 Å². The Bertz CT molecular complexity index is 654. The summed E-state index contributed by atoms with van der Waals surface area (Å²) in [6.07, 6.45) is 0. The largest absolute Gasteiger partial charge is 0.497 e. The molecule has 1 amide bonds. The van der Waals surface area contributed by atoms with Crippen molar-refractivity contribution in [2.75, 3.05) is 19.5 Å². The predicted octanol–water partition coefficient (Wildman–Crippen LogP) is 3.86. The Morgan fingerprint density at radius 3 is 2.24 bits per heavy atom. The lowest BCUT2D eigenvalue weighted by molar-refractivity contribution is 0.102. The molecular weight excluding hydrogens is 341 g/mol. The minimum absolute atomic E-state index is 0.102. The van der Waals surface area contributed by atoms with Gasteiger partial charge in [0, 0.05) is 16.1 Å². The topological polar surface area (TPSA) is 47.6 Å². The molecule has 0 heterocycles. The van der Waals surface area contributed by atoms with Gasteiger partial charge in [-0.25, -0.2) is 4.39 Å². The maximum Gasteiger partial charge on any atom is 0.256 e. The minimum Gasteiger partial charge on any atom is -0.497 e. The lowest BCUT2D eigenvalue weighted by Gasteiger charge is -2.10. The van der Waals surface area contributed by atoms with E-state index in [9.17, 15) is 9.18 Å². The summed E-state index contributed by atoms with van der Waals surface area (Å²) in [6.45, 7) is 0. The van der Waals surface area contributed by atoms with Crippen LogP contribution in [0.15, 0.2) is 40.9 Å². The van der Waals surface area contributed by atoms with E-state index in [4.69, 9.17) is 9.47 Å². The Hall–Kier alpha value is -2.08. The molecule has 0 unspecified atom stereocenters. The van der Waals surface area contributed by atoms with Crippen molar-refractivity contribution in [2.45, 2.75) is 0 Å². The van der Waals surface area contributed by atoms with Crippen molar-refractivity contribution in [1.29, 1.82) is 0 Å². The van der Waals surface area contributed by atoms with Crippen molar-refractivity contribution >= 4 is 27.5 Å². The van der Waals surface area contributed by atoms with Crippen molar-refractivity contribution < 1.29 is 18.7 Å². The Morgan fingerprint density at radius 1 is 1.10 bits per heavy atom. The van der Waals surface area contributed by atoms with Crippen LogP contribution >= 0.6 is 15.9 Å². The van der Waals surface area contributed by atoms with Crippen LogP contribution in [0.1, 0.15) is 10.4 Å². The third kappa shape index (κ3) is 3.72. The van der Waals surface area contributed by atoms with E-state index in [0.29, 0.717) is 21.5 Å². The predicted molar refractivity (Wildman–Crippen MR) is 81.6 cm³/mol. The highest BCUT2D eigenvalue weighted by molar-refractivity contribution is 9.10. The van der Waals surface area contributed by atoms with Gasteiger partial charge in [-0.2, -0.15) is 0 Å². The first kappa shape index (κ1) is 15.3. The second-order valence-electron chi connectivity index (χ2n) is 4.18. The van der Waals surface area contributed by atoms with Crippen molar-refractivity contribution in [3.8, 4) is 11.5 Å². The molecule has 0 saturated carbocycles. The van der Waals surface area contributed by atoms with Gasteiger partial charge in [-0.15, -0.1) is 0 Å². The molecule has 4 nitrogen and oxygen atoms in total. The molecule has 110 valence electrons. The first-order valence-corrected chi connectivity index (χ1v) is 6.82. The summed E-state index contributed by atoms with van der Waals surface area (Å²) in [6, 6.07) is 9.15. The molecule has 0 spiro atoms. The molecule has 0 fully saturated rings. The van der Waals surface area contributed by atoms with Crippen molar-refractivity contribution in [3.63, 3.8) is 0 Å². The van der Waals surface area contributed by atoms with E-state index in [-0.39, 0.29) is 5.69 Å². The van der Waals surface area contributed by atoms with Gasteiger partial charge in [0.15, 0.2) is 0 Å². The highest BCUT2D eigenvalue weighted by Crippen LogP contribution is 2.24. The number of hydrogen-bond acceptors (Lipinski definition) is 3. The van der Waals surface area contributed by atoms with Gasteiger partial charge in [-0.3, -0.25) is 4.79 Å². The Balaban J connectivity index is 2.27. The van der Waals surface area contributed by atoms with Crippen molar-refractivity contribution in [1.82, 2.24) is 0 Å². The summed E-state index contributed by atoms with van der Waals surface area (Å²) in [5, 5.41) is 2.51. The van der Waals surface area contributed by atoms with Crippen LogP contribution in [-0.2, 0) is 0 Å². The van der Waals surface area contributed by atoms with Crippen molar-refractivity contribution in [3.05, 3.63) is 52.3 Å². The van der Waals surface area contributed by atoms with Gasteiger partial charge in [0.2, 0.25) is 0 Å². The third-order valence-electron chi connectivity index (χ3n) is 2.79. The summed E-state index contributed by atoms with van der Waals surface area (Å²) >= 11 is 3.16. The molecule has 0 atom stereocenters. The van der Waals surface area contributed by atoms with E-state index < -0.39 is 11.7 Å². The number of benzene rings is 2. The SMILES string of the molecule is COc1cc(OC)cc(C(=O)Nc2ccc(Br)cc2F)c1. The Morgan fingerprint density at radius 2 is 1.71 bits per heavy atom. The molecule has 2 aromatic rings. The number of nitrogens with one attached hydrogen (secondary N) is 1. The van der Waals surface area contributed by atoms with Crippen molar-refractivity contribution in [2.24, 2.45) is 0 Å². The van der Waals surface area contributed by atoms with Crippen LogP contribution in [0.5, 0.6) is 11.5 Å². The number of anilines is 1. The van der Waals surface area contributed by atoms with E-state index >= 15 is 0 Å². The van der Waals surface area contributed by atoms with E-state index in [0.717, 1.165) is 0 Å². The normalized spacial score (nSPS) is 10.1. The van der Waals surface area contributed by atoms with Crippen LogP contribution in [0, 0.1) is 5.82 Å². The van der Waals surface area contributed by atoms with E-state index in [1.165, 1.54) is 26.4 Å². The summed E-state index contributed by atoms with van der Waals surface area (Å²) in [4.78, 5) is 12.2. The van der Waals surface area contributed by atoms with Crippen LogP contribution in [-0.4, -0.2) is 20.1 Å². The van der Waals surface area contributed by atoms with Crippen LogP contribution < -0.4 is 14.8 Å². The number of rotatable bonds is 4. The highest BCUT2D eigenvalue weighted by Gasteiger charge is 2.12. The molecule has 0 bridgehead atoms. The number of methoxy groups -OCH3 is 2. The number of halogens is 2. The first-order chi connectivity index (χ1) is 10.0. The molecule has 21 heavy (non-hydrogen) atoms. The second kappa shape index (κ2) is 6.58. The quantitative estimate of drug-likeness (QED) is 0.907. The highest BCUT2D eigenvalue weighted by atomic mass is 79.9. The number of amides is 1. The monoisotopic (exact) mass is 353 g/mol. The van der Waals surface area contributed by atoms with Gasteiger partial charge in [-0.05, 0) is 30.3 Å². The fourth-order valence-electron chi connectivity index (χ4n) is 1.72. The summed E-state index contributed by atoms with van der Waals surface area (Å²) in [5.41, 5.74) is 0.415. The number of carbonyl (C=O) groups is 1. The molecule has 0 aliphatic heterocycles. The number of ether oxygens (including phenoxy) is 2. The summed E-state index contributed by atoms with van der Waals surface area (Å²) in [5.74, 6) is -0.00688. The molecule has 0 aliphatic carbocycles. The standard InChI is InChI=1S/C15H13BrFNO3/c1-20-11-5-9(6-12(8-11)21-2)15(19)18-14-4-3-10(16)7-13(14)17/h3-8H,1-2H3,(H,18,19). The zero-order chi connectivity index (χ0) is 15.4. The van der Waals surface area contributed by atoms with Crippen LogP contribution in [0.25, 0.3) is 0 Å². The molecule has 6 heteroatoms. The van der Waals surface area contributed by atoms with E-state index in [1.54, 1.807) is 24.3 Å². The average Bonchev–Trinajstić information content (AvgIpc) is 2.49. The molecule has 2 rings (SSSR count). The number of hydrogen-bond donors (Lipinski definition) is 1. The molecule has 0 saturated heterocycles. The van der Waals surface area contributed by atoms with Crippen LogP contribution in [0.3, 0.4) is 0 Å². The molecule has 2 aromatic carbocycles. The van der Waals surface area contributed by atoms with Crippen LogP contribution in [0.4, 0.5) is 10.1 Å². The van der Waals surface area contributed by atoms with Gasteiger partial charge in [0.05, 0.1) is 19.9 Å². The van der Waals surface area contributed by atoms with Crippen LogP contribution in [0.2, 0.25) is 0 Å². The third-order valence-corrected chi connectivity index (χ3v) is 3.29. The molecule has 1 N–H and O–H groups in total. The maximum atomic E-state index is 13.7. The smallest absolute Gasteiger partial charge is 0.256 e. The Labute approximate surface area is 130 Å². The lowest BCUT2D eigenvalue weighted by Crippen LogP contribution is -2.13.